The molecular weight excluding hydrogens is 281 g/mol. The minimum absolute atomic E-state index is 0.241. The Hall–Kier alpha value is -2.50. The van der Waals surface area contributed by atoms with E-state index in [9.17, 15) is 13.2 Å². The maximum Gasteiger partial charge on any atom is 0.450 e. The second kappa shape index (κ2) is 4.80. The van der Waals surface area contributed by atoms with Gasteiger partial charge in [-0.25, -0.2) is 4.98 Å². The van der Waals surface area contributed by atoms with Crippen LogP contribution in [0.25, 0.3) is 16.7 Å². The molecule has 6 heteroatoms. The van der Waals surface area contributed by atoms with Crippen molar-refractivity contribution in [1.82, 2.24) is 9.55 Å². The molecule has 0 fully saturated rings. The molecule has 1 heterocycles. The fourth-order valence-electron chi connectivity index (χ4n) is 2.22. The summed E-state index contributed by atoms with van der Waals surface area (Å²) in [6.45, 7) is 0. The molecule has 108 valence electrons. The maximum atomic E-state index is 13.2. The van der Waals surface area contributed by atoms with E-state index in [2.05, 4.69) is 4.98 Å². The molecular formula is C15H11F3N2O. The van der Waals surface area contributed by atoms with E-state index in [1.807, 2.05) is 0 Å². The van der Waals surface area contributed by atoms with Gasteiger partial charge < -0.3 is 4.74 Å². The molecule has 0 N–H and O–H groups in total. The second-order valence-corrected chi connectivity index (χ2v) is 4.46. The summed E-state index contributed by atoms with van der Waals surface area (Å²) in [4.78, 5) is 3.73. The van der Waals surface area contributed by atoms with Crippen molar-refractivity contribution in [2.75, 3.05) is 7.11 Å². The number of hydrogen-bond acceptors (Lipinski definition) is 2. The van der Waals surface area contributed by atoms with Gasteiger partial charge in [-0.15, -0.1) is 0 Å². The molecule has 1 aromatic heterocycles. The highest BCUT2D eigenvalue weighted by atomic mass is 19.4. The lowest BCUT2D eigenvalue weighted by Crippen LogP contribution is -2.13. The predicted octanol–water partition coefficient (Wildman–Crippen LogP) is 4.05. The van der Waals surface area contributed by atoms with Crippen molar-refractivity contribution in [3.8, 4) is 11.4 Å². The Morgan fingerprint density at radius 3 is 2.38 bits per heavy atom. The van der Waals surface area contributed by atoms with Crippen LogP contribution in [0.1, 0.15) is 5.82 Å². The van der Waals surface area contributed by atoms with Crippen molar-refractivity contribution in [3.63, 3.8) is 0 Å². The van der Waals surface area contributed by atoms with Gasteiger partial charge >= 0.3 is 6.18 Å². The van der Waals surface area contributed by atoms with Crippen LogP contribution < -0.4 is 4.74 Å². The van der Waals surface area contributed by atoms with Crippen molar-refractivity contribution >= 4 is 11.0 Å². The molecule has 21 heavy (non-hydrogen) atoms. The fourth-order valence-corrected chi connectivity index (χ4v) is 2.22. The third-order valence-electron chi connectivity index (χ3n) is 3.13. The smallest absolute Gasteiger partial charge is 0.450 e. The van der Waals surface area contributed by atoms with E-state index in [0.29, 0.717) is 17.0 Å². The van der Waals surface area contributed by atoms with Gasteiger partial charge in [0.15, 0.2) is 0 Å². The average molecular weight is 292 g/mol. The molecule has 0 saturated carbocycles. The van der Waals surface area contributed by atoms with Gasteiger partial charge in [0.1, 0.15) is 5.75 Å². The molecule has 2 aromatic carbocycles. The van der Waals surface area contributed by atoms with Crippen LogP contribution in [0.2, 0.25) is 0 Å². The lowest BCUT2D eigenvalue weighted by molar-refractivity contribution is -0.145. The number of ether oxygens (including phenoxy) is 1. The normalized spacial score (nSPS) is 11.8. The topological polar surface area (TPSA) is 27.1 Å². The monoisotopic (exact) mass is 292 g/mol. The lowest BCUT2D eigenvalue weighted by Gasteiger charge is -2.11. The van der Waals surface area contributed by atoms with Crippen molar-refractivity contribution in [3.05, 3.63) is 54.4 Å². The molecule has 0 unspecified atom stereocenters. The Morgan fingerprint density at radius 2 is 1.76 bits per heavy atom. The summed E-state index contributed by atoms with van der Waals surface area (Å²) in [5.41, 5.74) is 1.04. The number of aromatic nitrogens is 2. The first kappa shape index (κ1) is 13.5. The van der Waals surface area contributed by atoms with Crippen LogP contribution in [0.3, 0.4) is 0 Å². The van der Waals surface area contributed by atoms with E-state index in [-0.39, 0.29) is 5.52 Å². The van der Waals surface area contributed by atoms with Crippen molar-refractivity contribution in [1.29, 1.82) is 0 Å². The van der Waals surface area contributed by atoms with Crippen LogP contribution in [-0.4, -0.2) is 16.7 Å². The maximum absolute atomic E-state index is 13.2. The second-order valence-electron chi connectivity index (χ2n) is 4.46. The summed E-state index contributed by atoms with van der Waals surface area (Å²) in [7, 11) is 1.46. The number of rotatable bonds is 2. The van der Waals surface area contributed by atoms with Crippen LogP contribution in [0, 0.1) is 0 Å². The Labute approximate surface area is 118 Å². The summed E-state index contributed by atoms with van der Waals surface area (Å²) in [6.07, 6.45) is -4.54. The average Bonchev–Trinajstić information content (AvgIpc) is 2.86. The highest BCUT2D eigenvalue weighted by Gasteiger charge is 2.38. The largest absolute Gasteiger partial charge is 0.497 e. The molecule has 0 aliphatic rings. The summed E-state index contributed by atoms with van der Waals surface area (Å²) in [6, 6.07) is 13.0. The van der Waals surface area contributed by atoms with Gasteiger partial charge in [-0.05, 0) is 24.3 Å². The molecule has 0 spiro atoms. The third-order valence-corrected chi connectivity index (χ3v) is 3.13. The van der Waals surface area contributed by atoms with Gasteiger partial charge in [0.05, 0.1) is 18.1 Å². The molecule has 3 nitrogen and oxygen atoms in total. The number of para-hydroxylation sites is 1. The van der Waals surface area contributed by atoms with Gasteiger partial charge in [0, 0.05) is 11.8 Å². The Balaban J connectivity index is 2.34. The number of fused-ring (bicyclic) bond motifs is 1. The Kier molecular flexibility index (Phi) is 3.08. The fraction of sp³-hybridized carbons (Fsp3) is 0.133. The van der Waals surface area contributed by atoms with Crippen LogP contribution >= 0.6 is 0 Å². The van der Waals surface area contributed by atoms with Gasteiger partial charge in [-0.2, -0.15) is 13.2 Å². The first-order valence-electron chi connectivity index (χ1n) is 6.20. The highest BCUT2D eigenvalue weighted by molar-refractivity contribution is 5.80. The zero-order valence-electron chi connectivity index (χ0n) is 11.1. The molecule has 3 rings (SSSR count). The van der Waals surface area contributed by atoms with Gasteiger partial charge in [-0.1, -0.05) is 18.2 Å². The predicted molar refractivity (Wildman–Crippen MR) is 72.6 cm³/mol. The number of hydrogen-bond donors (Lipinski definition) is 0. The van der Waals surface area contributed by atoms with Gasteiger partial charge in [-0.3, -0.25) is 4.57 Å². The molecule has 0 amide bonds. The van der Waals surface area contributed by atoms with E-state index in [4.69, 9.17) is 4.74 Å². The summed E-state index contributed by atoms with van der Waals surface area (Å²) in [5.74, 6) is -0.481. The molecule has 0 bridgehead atoms. The summed E-state index contributed by atoms with van der Waals surface area (Å²) < 4.78 is 45.9. The minimum Gasteiger partial charge on any atom is -0.497 e. The molecule has 0 atom stereocenters. The zero-order chi connectivity index (χ0) is 15.0. The van der Waals surface area contributed by atoms with E-state index < -0.39 is 12.0 Å². The van der Waals surface area contributed by atoms with E-state index in [1.165, 1.54) is 13.2 Å². The summed E-state index contributed by atoms with van der Waals surface area (Å²) >= 11 is 0. The van der Waals surface area contributed by atoms with Crippen LogP contribution in [-0.2, 0) is 6.18 Å². The molecule has 0 aliphatic heterocycles. The SMILES string of the molecule is COc1ccc2c(c1)nc(C(F)(F)F)n2-c1ccccc1. The highest BCUT2D eigenvalue weighted by Crippen LogP contribution is 2.34. The van der Waals surface area contributed by atoms with Crippen molar-refractivity contribution in [2.45, 2.75) is 6.18 Å². The Morgan fingerprint density at radius 1 is 1.05 bits per heavy atom. The number of nitrogens with zero attached hydrogens (tertiary/aromatic N) is 2. The van der Waals surface area contributed by atoms with Crippen molar-refractivity contribution in [2.24, 2.45) is 0 Å². The Bertz CT molecular complexity index is 779. The van der Waals surface area contributed by atoms with E-state index in [0.717, 1.165) is 4.57 Å². The van der Waals surface area contributed by atoms with E-state index in [1.54, 1.807) is 42.5 Å². The third kappa shape index (κ3) is 2.33. The van der Waals surface area contributed by atoms with Gasteiger partial charge in [0.2, 0.25) is 5.82 Å². The standard InChI is InChI=1S/C15H11F3N2O/c1-21-11-7-8-13-12(9-11)19-14(15(16,17)18)20(13)10-5-3-2-4-6-10/h2-9H,1H3. The lowest BCUT2D eigenvalue weighted by atomic mass is 10.2. The van der Waals surface area contributed by atoms with E-state index >= 15 is 0 Å². The molecule has 0 radical (unpaired) electrons. The first-order valence-corrected chi connectivity index (χ1v) is 6.20. The molecule has 0 saturated heterocycles. The molecule has 0 aliphatic carbocycles. The van der Waals surface area contributed by atoms with Gasteiger partial charge in [0.25, 0.3) is 0 Å². The number of methoxy groups -OCH3 is 1. The molecule has 3 aromatic rings. The minimum atomic E-state index is -4.54. The van der Waals surface area contributed by atoms with Crippen LogP contribution in [0.4, 0.5) is 13.2 Å². The zero-order valence-corrected chi connectivity index (χ0v) is 11.1. The number of benzene rings is 2. The number of imidazole rings is 1. The number of alkyl halides is 3. The van der Waals surface area contributed by atoms with Crippen LogP contribution in [0.5, 0.6) is 5.75 Å². The number of halogens is 3. The quantitative estimate of drug-likeness (QED) is 0.712. The van der Waals surface area contributed by atoms with Crippen molar-refractivity contribution < 1.29 is 17.9 Å². The first-order chi connectivity index (χ1) is 10.0. The van der Waals surface area contributed by atoms with Crippen LogP contribution in [0.15, 0.2) is 48.5 Å². The summed E-state index contributed by atoms with van der Waals surface area (Å²) in [5, 5.41) is 0.